The number of rotatable bonds is 5. The fourth-order valence-corrected chi connectivity index (χ4v) is 2.06. The van der Waals surface area contributed by atoms with Crippen LogP contribution in [-0.4, -0.2) is 31.7 Å². The third-order valence-electron chi connectivity index (χ3n) is 3.21. The zero-order valence-electron chi connectivity index (χ0n) is 11.7. The van der Waals surface area contributed by atoms with E-state index in [-0.39, 0.29) is 5.97 Å². The first-order chi connectivity index (χ1) is 9.72. The van der Waals surface area contributed by atoms with Crippen LogP contribution < -0.4 is 4.90 Å². The number of hydrogen-bond acceptors (Lipinski definition) is 4. The highest BCUT2D eigenvalue weighted by Crippen LogP contribution is 2.20. The van der Waals surface area contributed by atoms with Gasteiger partial charge in [-0.1, -0.05) is 12.1 Å². The second kappa shape index (κ2) is 6.70. The molecular formula is C16H18N2O2. The van der Waals surface area contributed by atoms with Gasteiger partial charge in [-0.3, -0.25) is 4.98 Å². The number of likely N-dealkylation sites (N-methyl/N-ethyl adjacent to an activating group) is 1. The van der Waals surface area contributed by atoms with Gasteiger partial charge < -0.3 is 9.64 Å². The van der Waals surface area contributed by atoms with Gasteiger partial charge in [0.25, 0.3) is 0 Å². The van der Waals surface area contributed by atoms with Gasteiger partial charge in [0, 0.05) is 26.0 Å². The van der Waals surface area contributed by atoms with E-state index in [0.29, 0.717) is 5.56 Å². The minimum absolute atomic E-state index is 0.309. The van der Waals surface area contributed by atoms with Gasteiger partial charge in [0.15, 0.2) is 0 Å². The Morgan fingerprint density at radius 1 is 1.20 bits per heavy atom. The maximum Gasteiger partial charge on any atom is 0.339 e. The van der Waals surface area contributed by atoms with Gasteiger partial charge in [-0.15, -0.1) is 0 Å². The quantitative estimate of drug-likeness (QED) is 0.783. The van der Waals surface area contributed by atoms with Gasteiger partial charge in [-0.05, 0) is 36.2 Å². The summed E-state index contributed by atoms with van der Waals surface area (Å²) >= 11 is 0. The van der Waals surface area contributed by atoms with E-state index in [9.17, 15) is 4.79 Å². The average molecular weight is 270 g/mol. The maximum atomic E-state index is 11.8. The summed E-state index contributed by atoms with van der Waals surface area (Å²) in [4.78, 5) is 17.8. The molecule has 4 heteroatoms. The van der Waals surface area contributed by atoms with E-state index < -0.39 is 0 Å². The van der Waals surface area contributed by atoms with E-state index in [4.69, 9.17) is 4.74 Å². The summed E-state index contributed by atoms with van der Waals surface area (Å²) in [7, 11) is 3.37. The lowest BCUT2D eigenvalue weighted by atomic mass is 10.1. The lowest BCUT2D eigenvalue weighted by molar-refractivity contribution is 0.0601. The molecule has 0 aliphatic rings. The molecule has 2 aromatic rings. The largest absolute Gasteiger partial charge is 0.465 e. The van der Waals surface area contributed by atoms with Crippen LogP contribution in [0.25, 0.3) is 0 Å². The van der Waals surface area contributed by atoms with E-state index in [1.807, 2.05) is 37.4 Å². The fourth-order valence-electron chi connectivity index (χ4n) is 2.06. The number of carbonyl (C=O) groups excluding carboxylic acids is 1. The van der Waals surface area contributed by atoms with Gasteiger partial charge in [-0.2, -0.15) is 0 Å². The van der Waals surface area contributed by atoms with E-state index >= 15 is 0 Å². The van der Waals surface area contributed by atoms with E-state index in [1.165, 1.54) is 12.7 Å². The van der Waals surface area contributed by atoms with Gasteiger partial charge in [0.2, 0.25) is 0 Å². The lowest BCUT2D eigenvalue weighted by Crippen LogP contribution is -2.22. The lowest BCUT2D eigenvalue weighted by Gasteiger charge is -2.21. The summed E-state index contributed by atoms with van der Waals surface area (Å²) in [5.41, 5.74) is 2.70. The topological polar surface area (TPSA) is 42.4 Å². The maximum absolute atomic E-state index is 11.8. The number of anilines is 1. The first-order valence-electron chi connectivity index (χ1n) is 6.49. The number of carbonyl (C=O) groups is 1. The number of para-hydroxylation sites is 1. The van der Waals surface area contributed by atoms with Crippen LogP contribution in [0.1, 0.15) is 15.9 Å². The fraction of sp³-hybridized carbons (Fsp3) is 0.250. The number of benzene rings is 1. The Kier molecular flexibility index (Phi) is 4.71. The molecule has 0 bridgehead atoms. The van der Waals surface area contributed by atoms with Crippen LogP contribution in [0.5, 0.6) is 0 Å². The molecule has 1 aromatic heterocycles. The van der Waals surface area contributed by atoms with Crippen molar-refractivity contribution >= 4 is 11.7 Å². The third-order valence-corrected chi connectivity index (χ3v) is 3.21. The van der Waals surface area contributed by atoms with Crippen molar-refractivity contribution in [2.75, 3.05) is 25.6 Å². The molecule has 0 saturated heterocycles. The van der Waals surface area contributed by atoms with Crippen LogP contribution in [-0.2, 0) is 11.2 Å². The second-order valence-electron chi connectivity index (χ2n) is 4.54. The monoisotopic (exact) mass is 270 g/mol. The summed E-state index contributed by atoms with van der Waals surface area (Å²) in [6.07, 6.45) is 4.48. The number of aromatic nitrogens is 1. The molecule has 20 heavy (non-hydrogen) atoms. The molecule has 0 N–H and O–H groups in total. The molecule has 0 unspecified atom stereocenters. The molecule has 0 radical (unpaired) electrons. The number of methoxy groups -OCH3 is 1. The van der Waals surface area contributed by atoms with Crippen molar-refractivity contribution in [2.45, 2.75) is 6.42 Å². The summed E-state index contributed by atoms with van der Waals surface area (Å²) < 4.78 is 4.82. The van der Waals surface area contributed by atoms with E-state index in [1.54, 1.807) is 18.5 Å². The molecule has 1 heterocycles. The van der Waals surface area contributed by atoms with Crippen LogP contribution in [0, 0.1) is 0 Å². The van der Waals surface area contributed by atoms with E-state index in [2.05, 4.69) is 9.88 Å². The van der Waals surface area contributed by atoms with Crippen LogP contribution in [0.4, 0.5) is 5.69 Å². The van der Waals surface area contributed by atoms with Gasteiger partial charge in [-0.25, -0.2) is 4.79 Å². The van der Waals surface area contributed by atoms with Gasteiger partial charge >= 0.3 is 5.97 Å². The van der Waals surface area contributed by atoms with Crippen LogP contribution in [0.2, 0.25) is 0 Å². The van der Waals surface area contributed by atoms with Crippen LogP contribution >= 0.6 is 0 Å². The van der Waals surface area contributed by atoms with Crippen molar-refractivity contribution in [3.63, 3.8) is 0 Å². The Bertz CT molecular complexity index is 570. The molecule has 0 aliphatic heterocycles. The van der Waals surface area contributed by atoms with Gasteiger partial charge in [0.05, 0.1) is 18.4 Å². The molecule has 2 rings (SSSR count). The number of nitrogens with zero attached hydrogens (tertiary/aromatic N) is 2. The van der Waals surface area contributed by atoms with E-state index in [0.717, 1.165) is 18.7 Å². The number of ether oxygens (including phenoxy) is 1. The molecule has 1 aromatic carbocycles. The molecule has 0 saturated carbocycles. The first-order valence-corrected chi connectivity index (χ1v) is 6.49. The van der Waals surface area contributed by atoms with Crippen molar-refractivity contribution in [1.82, 2.24) is 4.98 Å². The average Bonchev–Trinajstić information content (AvgIpc) is 2.52. The highest BCUT2D eigenvalue weighted by atomic mass is 16.5. The molecule has 0 amide bonds. The molecule has 4 nitrogen and oxygen atoms in total. The summed E-state index contributed by atoms with van der Waals surface area (Å²) in [5.74, 6) is -0.309. The van der Waals surface area contributed by atoms with Crippen molar-refractivity contribution in [3.05, 3.63) is 59.9 Å². The SMILES string of the molecule is COC(=O)c1ccccc1N(C)CCc1ccncc1. The highest BCUT2D eigenvalue weighted by molar-refractivity contribution is 5.95. The van der Waals surface area contributed by atoms with Crippen molar-refractivity contribution in [1.29, 1.82) is 0 Å². The summed E-state index contributed by atoms with van der Waals surface area (Å²) in [5, 5.41) is 0. The van der Waals surface area contributed by atoms with Crippen LogP contribution in [0.15, 0.2) is 48.8 Å². The Labute approximate surface area is 119 Å². The smallest absolute Gasteiger partial charge is 0.339 e. The van der Waals surface area contributed by atoms with Gasteiger partial charge in [0.1, 0.15) is 0 Å². The molecule has 104 valence electrons. The predicted molar refractivity (Wildman–Crippen MR) is 79.0 cm³/mol. The Hall–Kier alpha value is -2.36. The third kappa shape index (κ3) is 3.35. The Morgan fingerprint density at radius 2 is 1.90 bits per heavy atom. The predicted octanol–water partition coefficient (Wildman–Crippen LogP) is 2.55. The Morgan fingerprint density at radius 3 is 2.60 bits per heavy atom. The van der Waals surface area contributed by atoms with Crippen molar-refractivity contribution in [3.8, 4) is 0 Å². The standard InChI is InChI=1S/C16H18N2O2/c1-18(12-9-13-7-10-17-11-8-13)15-6-4-3-5-14(15)16(19)20-2/h3-8,10-11H,9,12H2,1-2H3. The molecule has 0 aliphatic carbocycles. The first kappa shape index (κ1) is 14.1. The highest BCUT2D eigenvalue weighted by Gasteiger charge is 2.13. The minimum Gasteiger partial charge on any atom is -0.465 e. The minimum atomic E-state index is -0.309. The normalized spacial score (nSPS) is 10.1. The zero-order valence-corrected chi connectivity index (χ0v) is 11.7. The number of hydrogen-bond donors (Lipinski definition) is 0. The number of esters is 1. The zero-order chi connectivity index (χ0) is 14.4. The summed E-state index contributed by atoms with van der Waals surface area (Å²) in [6.45, 7) is 0.817. The van der Waals surface area contributed by atoms with Crippen LogP contribution in [0.3, 0.4) is 0 Å². The second-order valence-corrected chi connectivity index (χ2v) is 4.54. The Balaban J connectivity index is 2.09. The molecular weight excluding hydrogens is 252 g/mol. The van der Waals surface area contributed by atoms with Crippen molar-refractivity contribution in [2.24, 2.45) is 0 Å². The molecule has 0 spiro atoms. The molecule has 0 atom stereocenters. The molecule has 0 fully saturated rings. The summed E-state index contributed by atoms with van der Waals surface area (Å²) in [6, 6.07) is 11.5. The van der Waals surface area contributed by atoms with Crippen molar-refractivity contribution < 1.29 is 9.53 Å². The number of pyridine rings is 1.